The highest BCUT2D eigenvalue weighted by Crippen LogP contribution is 2.37. The summed E-state index contributed by atoms with van der Waals surface area (Å²) in [5, 5.41) is 3.34. The van der Waals surface area contributed by atoms with E-state index in [2.05, 4.69) is 17.4 Å². The number of nitrogens with one attached hydrogen (secondary N) is 1. The van der Waals surface area contributed by atoms with Crippen LogP contribution in [0.3, 0.4) is 0 Å². The second kappa shape index (κ2) is 6.97. The first-order valence-electron chi connectivity index (χ1n) is 8.41. The molecule has 0 radical (unpaired) electrons. The number of hydrogen-bond acceptors (Lipinski definition) is 2. The molecule has 0 aliphatic heterocycles. The fourth-order valence-electron chi connectivity index (χ4n) is 3.53. The van der Waals surface area contributed by atoms with Crippen molar-refractivity contribution in [1.29, 1.82) is 0 Å². The molecule has 3 rings (SSSR count). The maximum absolute atomic E-state index is 12.8. The molecule has 1 aliphatic carbocycles. The predicted octanol–water partition coefficient (Wildman–Crippen LogP) is 3.73. The van der Waals surface area contributed by atoms with Gasteiger partial charge in [-0.05, 0) is 36.1 Å². The Morgan fingerprint density at radius 1 is 1.00 bits per heavy atom. The number of rotatable bonds is 4. The minimum atomic E-state index is -0.241. The van der Waals surface area contributed by atoms with Crippen LogP contribution < -0.4 is 11.1 Å². The summed E-state index contributed by atoms with van der Waals surface area (Å²) in [6.45, 7) is 0.449. The van der Waals surface area contributed by atoms with Gasteiger partial charge in [0.25, 0.3) is 5.91 Å². The molecule has 1 amide bonds. The van der Waals surface area contributed by atoms with Gasteiger partial charge in [-0.2, -0.15) is 0 Å². The van der Waals surface area contributed by atoms with Crippen LogP contribution in [-0.2, 0) is 12.1 Å². The molecule has 120 valence electrons. The molecule has 3 heteroatoms. The standard InChI is InChI=1S/C20H24N2O/c21-15-16-8-7-9-17(14-16)19(23)22-20(12-5-2-6-13-20)18-10-3-1-4-11-18/h1,3-4,7-11,14H,2,5-6,12-13,15,21H2,(H,22,23). The summed E-state index contributed by atoms with van der Waals surface area (Å²) in [5.74, 6) is -0.00828. The molecule has 3 N–H and O–H groups in total. The molecular weight excluding hydrogens is 284 g/mol. The summed E-state index contributed by atoms with van der Waals surface area (Å²) >= 11 is 0. The van der Waals surface area contributed by atoms with Gasteiger partial charge in [0.2, 0.25) is 0 Å². The van der Waals surface area contributed by atoms with Gasteiger partial charge >= 0.3 is 0 Å². The lowest BCUT2D eigenvalue weighted by molar-refractivity contribution is 0.0866. The van der Waals surface area contributed by atoms with Gasteiger partial charge in [0, 0.05) is 12.1 Å². The topological polar surface area (TPSA) is 55.1 Å². The Bertz CT molecular complexity index is 660. The Morgan fingerprint density at radius 3 is 2.43 bits per heavy atom. The van der Waals surface area contributed by atoms with Crippen molar-refractivity contribution in [3.8, 4) is 0 Å². The van der Waals surface area contributed by atoms with Crippen molar-refractivity contribution in [1.82, 2.24) is 5.32 Å². The van der Waals surface area contributed by atoms with Crippen molar-refractivity contribution in [2.24, 2.45) is 5.73 Å². The van der Waals surface area contributed by atoms with Crippen molar-refractivity contribution in [2.75, 3.05) is 0 Å². The second-order valence-electron chi connectivity index (χ2n) is 6.37. The fourth-order valence-corrected chi connectivity index (χ4v) is 3.53. The van der Waals surface area contributed by atoms with Crippen LogP contribution in [0.2, 0.25) is 0 Å². The summed E-state index contributed by atoms with van der Waals surface area (Å²) < 4.78 is 0. The van der Waals surface area contributed by atoms with Gasteiger partial charge in [0.15, 0.2) is 0 Å². The number of amides is 1. The Hall–Kier alpha value is -2.13. The first-order valence-corrected chi connectivity index (χ1v) is 8.41. The van der Waals surface area contributed by atoms with Crippen LogP contribution in [0.4, 0.5) is 0 Å². The third-order valence-corrected chi connectivity index (χ3v) is 4.81. The Morgan fingerprint density at radius 2 is 1.74 bits per heavy atom. The number of carbonyl (C=O) groups excluding carboxylic acids is 1. The van der Waals surface area contributed by atoms with E-state index in [9.17, 15) is 4.79 Å². The minimum absolute atomic E-state index is 0.00828. The lowest BCUT2D eigenvalue weighted by Crippen LogP contribution is -2.47. The molecule has 0 saturated heterocycles. The number of nitrogens with two attached hydrogens (primary N) is 1. The smallest absolute Gasteiger partial charge is 0.251 e. The monoisotopic (exact) mass is 308 g/mol. The molecule has 1 aliphatic rings. The molecule has 2 aromatic rings. The molecule has 0 aromatic heterocycles. The van der Waals surface area contributed by atoms with Gasteiger partial charge in [-0.25, -0.2) is 0 Å². The third kappa shape index (κ3) is 3.45. The Balaban J connectivity index is 1.88. The average molecular weight is 308 g/mol. The molecule has 3 nitrogen and oxygen atoms in total. The van der Waals surface area contributed by atoms with Gasteiger partial charge in [0.05, 0.1) is 5.54 Å². The summed E-state index contributed by atoms with van der Waals surface area (Å²) in [5.41, 5.74) is 8.33. The second-order valence-corrected chi connectivity index (χ2v) is 6.37. The quantitative estimate of drug-likeness (QED) is 0.904. The summed E-state index contributed by atoms with van der Waals surface area (Å²) in [7, 11) is 0. The van der Waals surface area contributed by atoms with Crippen molar-refractivity contribution in [3.05, 3.63) is 71.3 Å². The largest absolute Gasteiger partial charge is 0.343 e. The van der Waals surface area contributed by atoms with Gasteiger partial charge < -0.3 is 11.1 Å². The summed E-state index contributed by atoms with van der Waals surface area (Å²) in [6.07, 6.45) is 5.54. The van der Waals surface area contributed by atoms with E-state index in [1.54, 1.807) is 0 Å². The summed E-state index contributed by atoms with van der Waals surface area (Å²) in [4.78, 5) is 12.8. The highest BCUT2D eigenvalue weighted by Gasteiger charge is 2.35. The minimum Gasteiger partial charge on any atom is -0.343 e. The highest BCUT2D eigenvalue weighted by molar-refractivity contribution is 5.95. The SMILES string of the molecule is NCc1cccc(C(=O)NC2(c3ccccc3)CCCCC2)c1. The number of carbonyl (C=O) groups is 1. The normalized spacial score (nSPS) is 16.7. The predicted molar refractivity (Wildman–Crippen MR) is 93.0 cm³/mol. The third-order valence-electron chi connectivity index (χ3n) is 4.81. The molecule has 0 atom stereocenters. The van der Waals surface area contributed by atoms with E-state index >= 15 is 0 Å². The van der Waals surface area contributed by atoms with Crippen LogP contribution in [-0.4, -0.2) is 5.91 Å². The van der Waals surface area contributed by atoms with Crippen LogP contribution in [0.15, 0.2) is 54.6 Å². The maximum Gasteiger partial charge on any atom is 0.251 e. The zero-order valence-electron chi connectivity index (χ0n) is 13.4. The fraction of sp³-hybridized carbons (Fsp3) is 0.350. The van der Waals surface area contributed by atoms with Gasteiger partial charge in [0.1, 0.15) is 0 Å². The van der Waals surface area contributed by atoms with Crippen LogP contribution in [0.5, 0.6) is 0 Å². The first kappa shape index (κ1) is 15.8. The van der Waals surface area contributed by atoms with Gasteiger partial charge in [-0.15, -0.1) is 0 Å². The van der Waals surface area contributed by atoms with E-state index in [1.165, 1.54) is 12.0 Å². The lowest BCUT2D eigenvalue weighted by atomic mass is 9.76. The van der Waals surface area contributed by atoms with Crippen molar-refractivity contribution in [2.45, 2.75) is 44.2 Å². The van der Waals surface area contributed by atoms with E-state index in [1.807, 2.05) is 42.5 Å². The van der Waals surface area contributed by atoms with Crippen LogP contribution in [0.1, 0.15) is 53.6 Å². The van der Waals surface area contributed by atoms with Crippen molar-refractivity contribution < 1.29 is 4.79 Å². The van der Waals surface area contributed by atoms with Crippen molar-refractivity contribution >= 4 is 5.91 Å². The lowest BCUT2D eigenvalue weighted by Gasteiger charge is -2.38. The van der Waals surface area contributed by atoms with Gasteiger partial charge in [-0.1, -0.05) is 61.7 Å². The average Bonchev–Trinajstić information content (AvgIpc) is 2.63. The molecular formula is C20H24N2O. The number of hydrogen-bond donors (Lipinski definition) is 2. The molecule has 23 heavy (non-hydrogen) atoms. The van der Waals surface area contributed by atoms with Crippen LogP contribution >= 0.6 is 0 Å². The van der Waals surface area contributed by atoms with E-state index in [0.29, 0.717) is 12.1 Å². The van der Waals surface area contributed by atoms with Crippen LogP contribution in [0.25, 0.3) is 0 Å². The molecule has 0 unspecified atom stereocenters. The van der Waals surface area contributed by atoms with Gasteiger partial charge in [-0.3, -0.25) is 4.79 Å². The first-order chi connectivity index (χ1) is 11.2. The molecule has 2 aromatic carbocycles. The molecule has 0 heterocycles. The van der Waals surface area contributed by atoms with E-state index in [4.69, 9.17) is 5.73 Å². The molecule has 1 fully saturated rings. The van der Waals surface area contributed by atoms with Crippen LogP contribution in [0, 0.1) is 0 Å². The zero-order valence-corrected chi connectivity index (χ0v) is 13.4. The highest BCUT2D eigenvalue weighted by atomic mass is 16.1. The maximum atomic E-state index is 12.8. The summed E-state index contributed by atoms with van der Waals surface area (Å²) in [6, 6.07) is 18.0. The Labute approximate surface area is 137 Å². The zero-order chi connectivity index (χ0) is 16.1. The molecule has 0 bridgehead atoms. The Kier molecular flexibility index (Phi) is 4.77. The molecule has 0 spiro atoms. The van der Waals surface area contributed by atoms with E-state index < -0.39 is 0 Å². The van der Waals surface area contributed by atoms with E-state index in [0.717, 1.165) is 31.2 Å². The van der Waals surface area contributed by atoms with E-state index in [-0.39, 0.29) is 11.4 Å². The number of benzene rings is 2. The van der Waals surface area contributed by atoms with Crippen molar-refractivity contribution in [3.63, 3.8) is 0 Å². The molecule has 1 saturated carbocycles.